The van der Waals surface area contributed by atoms with Crippen molar-refractivity contribution in [3.8, 4) is 10.4 Å². The van der Waals surface area contributed by atoms with Crippen molar-refractivity contribution in [1.82, 2.24) is 0 Å². The number of benzene rings is 1. The molecule has 0 radical (unpaired) electrons. The van der Waals surface area contributed by atoms with Gasteiger partial charge in [-0.25, -0.2) is 4.79 Å². The number of nitrogen functional groups attached to an aromatic ring is 1. The smallest absolute Gasteiger partial charge is 0.350 e. The molecule has 0 fully saturated rings. The third kappa shape index (κ3) is 2.82. The van der Waals surface area contributed by atoms with Crippen LogP contribution in [0.2, 0.25) is 0 Å². The number of ether oxygens (including phenoxy) is 1. The van der Waals surface area contributed by atoms with Crippen LogP contribution in [0.25, 0.3) is 10.4 Å². The Bertz CT molecular complexity index is 622. The number of nitrogens with two attached hydrogens (primary N) is 1. The molecule has 0 spiro atoms. The summed E-state index contributed by atoms with van der Waals surface area (Å²) in [5.74, 6) is -0.361. The second-order valence-electron chi connectivity index (χ2n) is 4.05. The second-order valence-corrected chi connectivity index (χ2v) is 5.90. The van der Waals surface area contributed by atoms with Crippen molar-refractivity contribution in [2.75, 3.05) is 12.3 Å². The maximum atomic E-state index is 11.8. The molecule has 2 aromatic rings. The average Bonchev–Trinajstić information content (AvgIpc) is 2.75. The summed E-state index contributed by atoms with van der Waals surface area (Å²) in [5, 5.41) is 0. The molecule has 1 aromatic heterocycles. The van der Waals surface area contributed by atoms with Gasteiger partial charge in [-0.15, -0.1) is 11.3 Å². The van der Waals surface area contributed by atoms with E-state index in [1.165, 1.54) is 11.3 Å². The summed E-state index contributed by atoms with van der Waals surface area (Å²) < 4.78 is 6.01. The van der Waals surface area contributed by atoms with Gasteiger partial charge in [0.05, 0.1) is 12.3 Å². The molecule has 5 heteroatoms. The third-order valence-electron chi connectivity index (χ3n) is 2.68. The molecule has 0 aliphatic rings. The predicted octanol–water partition coefficient (Wildman–Crippen LogP) is 4.24. The fraction of sp³-hybridized carbons (Fsp3) is 0.214. The average molecular weight is 340 g/mol. The molecule has 3 nitrogen and oxygen atoms in total. The van der Waals surface area contributed by atoms with E-state index in [0.717, 1.165) is 20.5 Å². The monoisotopic (exact) mass is 339 g/mol. The Kier molecular flexibility index (Phi) is 4.27. The number of carbonyl (C=O) groups is 1. The normalized spacial score (nSPS) is 10.5. The Morgan fingerprint density at radius 3 is 2.89 bits per heavy atom. The Balaban J connectivity index is 2.45. The van der Waals surface area contributed by atoms with Crippen LogP contribution >= 0.6 is 27.3 Å². The molecule has 2 N–H and O–H groups in total. The lowest BCUT2D eigenvalue weighted by Crippen LogP contribution is -2.04. The number of thiophene rings is 1. The molecule has 0 saturated carbocycles. The van der Waals surface area contributed by atoms with Gasteiger partial charge in [-0.1, -0.05) is 18.2 Å². The van der Waals surface area contributed by atoms with Gasteiger partial charge in [0.15, 0.2) is 0 Å². The predicted molar refractivity (Wildman–Crippen MR) is 82.6 cm³/mol. The van der Waals surface area contributed by atoms with Crippen molar-refractivity contribution in [3.63, 3.8) is 0 Å². The maximum absolute atomic E-state index is 11.8. The lowest BCUT2D eigenvalue weighted by molar-refractivity contribution is 0.0533. The maximum Gasteiger partial charge on any atom is 0.350 e. The summed E-state index contributed by atoms with van der Waals surface area (Å²) in [4.78, 5) is 13.2. The van der Waals surface area contributed by atoms with Crippen molar-refractivity contribution < 1.29 is 9.53 Å². The van der Waals surface area contributed by atoms with Gasteiger partial charge in [-0.3, -0.25) is 0 Å². The summed E-state index contributed by atoms with van der Waals surface area (Å²) in [5.41, 5.74) is 8.53. The van der Waals surface area contributed by atoms with Crippen LogP contribution in [0.1, 0.15) is 22.2 Å². The highest BCUT2D eigenvalue weighted by atomic mass is 79.9. The topological polar surface area (TPSA) is 52.3 Å². The molecule has 19 heavy (non-hydrogen) atoms. The summed E-state index contributed by atoms with van der Waals surface area (Å²) >= 11 is 4.92. The SMILES string of the molecule is CCOC(=O)c1sc(-c2cccc(C)c2Br)cc1N. The van der Waals surface area contributed by atoms with Gasteiger partial charge < -0.3 is 10.5 Å². The molecule has 1 aromatic carbocycles. The van der Waals surface area contributed by atoms with E-state index in [1.54, 1.807) is 6.92 Å². The van der Waals surface area contributed by atoms with Crippen LogP contribution in [-0.4, -0.2) is 12.6 Å². The van der Waals surface area contributed by atoms with E-state index >= 15 is 0 Å². The zero-order valence-electron chi connectivity index (χ0n) is 10.7. The summed E-state index contributed by atoms with van der Waals surface area (Å²) in [6, 6.07) is 7.82. The molecule has 2 rings (SSSR count). The molecule has 0 aliphatic heterocycles. The van der Waals surface area contributed by atoms with Gasteiger partial charge in [0.1, 0.15) is 4.88 Å². The van der Waals surface area contributed by atoms with Gasteiger partial charge >= 0.3 is 5.97 Å². The molecular weight excluding hydrogens is 326 g/mol. The zero-order valence-corrected chi connectivity index (χ0v) is 13.1. The van der Waals surface area contributed by atoms with Crippen LogP contribution in [0.15, 0.2) is 28.7 Å². The van der Waals surface area contributed by atoms with E-state index in [0.29, 0.717) is 17.2 Å². The molecule has 0 saturated heterocycles. The van der Waals surface area contributed by atoms with Crippen molar-refractivity contribution in [3.05, 3.63) is 39.2 Å². The van der Waals surface area contributed by atoms with Crippen LogP contribution in [0.3, 0.4) is 0 Å². The van der Waals surface area contributed by atoms with Crippen LogP contribution in [0.4, 0.5) is 5.69 Å². The Labute approximate surface area is 124 Å². The third-order valence-corrected chi connectivity index (χ3v) is 4.90. The quantitative estimate of drug-likeness (QED) is 0.850. The van der Waals surface area contributed by atoms with E-state index in [9.17, 15) is 4.79 Å². The number of anilines is 1. The number of halogens is 1. The van der Waals surface area contributed by atoms with Gasteiger partial charge in [-0.05, 0) is 41.4 Å². The molecule has 0 amide bonds. The number of hydrogen-bond acceptors (Lipinski definition) is 4. The Morgan fingerprint density at radius 2 is 2.21 bits per heavy atom. The number of hydrogen-bond donors (Lipinski definition) is 1. The zero-order chi connectivity index (χ0) is 14.0. The highest BCUT2D eigenvalue weighted by molar-refractivity contribution is 9.10. The number of aryl methyl sites for hydroxylation is 1. The summed E-state index contributed by atoms with van der Waals surface area (Å²) in [7, 11) is 0. The highest BCUT2D eigenvalue weighted by Gasteiger charge is 2.17. The van der Waals surface area contributed by atoms with Gasteiger partial charge in [0.2, 0.25) is 0 Å². The molecule has 0 unspecified atom stereocenters. The van der Waals surface area contributed by atoms with Crippen molar-refractivity contribution in [1.29, 1.82) is 0 Å². The minimum Gasteiger partial charge on any atom is -0.462 e. The fourth-order valence-corrected chi connectivity index (χ4v) is 3.35. The number of carbonyl (C=O) groups excluding carboxylic acids is 1. The van der Waals surface area contributed by atoms with Crippen molar-refractivity contribution in [2.45, 2.75) is 13.8 Å². The Morgan fingerprint density at radius 1 is 1.47 bits per heavy atom. The van der Waals surface area contributed by atoms with Crippen molar-refractivity contribution in [2.24, 2.45) is 0 Å². The van der Waals surface area contributed by atoms with E-state index in [2.05, 4.69) is 15.9 Å². The van der Waals surface area contributed by atoms with E-state index in [1.807, 2.05) is 31.2 Å². The number of esters is 1. The first kappa shape index (κ1) is 14.1. The first-order valence-corrected chi connectivity index (χ1v) is 7.47. The first-order chi connectivity index (χ1) is 9.04. The lowest BCUT2D eigenvalue weighted by atomic mass is 10.1. The second kappa shape index (κ2) is 5.75. The van der Waals surface area contributed by atoms with Gasteiger partial charge in [0.25, 0.3) is 0 Å². The minimum absolute atomic E-state index is 0.347. The standard InChI is InChI=1S/C14H14BrNO2S/c1-3-18-14(17)13-10(16)7-11(19-13)9-6-4-5-8(2)12(9)15/h4-7H,3,16H2,1-2H3. The lowest BCUT2D eigenvalue weighted by Gasteiger charge is -2.04. The number of rotatable bonds is 3. The largest absolute Gasteiger partial charge is 0.462 e. The summed E-state index contributed by atoms with van der Waals surface area (Å²) in [6.45, 7) is 4.15. The molecule has 0 aliphatic carbocycles. The molecule has 1 heterocycles. The highest BCUT2D eigenvalue weighted by Crippen LogP contribution is 2.38. The molecule has 100 valence electrons. The van der Waals surface area contributed by atoms with Gasteiger partial charge in [0, 0.05) is 14.9 Å². The van der Waals surface area contributed by atoms with E-state index < -0.39 is 0 Å². The fourth-order valence-electron chi connectivity index (χ4n) is 1.73. The van der Waals surface area contributed by atoms with E-state index in [-0.39, 0.29) is 5.97 Å². The van der Waals surface area contributed by atoms with Crippen LogP contribution < -0.4 is 5.73 Å². The van der Waals surface area contributed by atoms with E-state index in [4.69, 9.17) is 10.5 Å². The van der Waals surface area contributed by atoms with Crippen molar-refractivity contribution >= 4 is 38.9 Å². The first-order valence-electron chi connectivity index (χ1n) is 5.86. The molecule has 0 atom stereocenters. The molecular formula is C14H14BrNO2S. The van der Waals surface area contributed by atoms with Gasteiger partial charge in [-0.2, -0.15) is 0 Å². The summed E-state index contributed by atoms with van der Waals surface area (Å²) in [6.07, 6.45) is 0. The van der Waals surface area contributed by atoms with Crippen LogP contribution in [0, 0.1) is 6.92 Å². The van der Waals surface area contributed by atoms with Crippen LogP contribution in [0.5, 0.6) is 0 Å². The minimum atomic E-state index is -0.361. The molecule has 0 bridgehead atoms. The Hall–Kier alpha value is -1.33. The van der Waals surface area contributed by atoms with Crippen LogP contribution in [-0.2, 0) is 4.74 Å².